The lowest BCUT2D eigenvalue weighted by Crippen LogP contribution is -2.46. The van der Waals surface area contributed by atoms with E-state index in [1.807, 2.05) is 0 Å². The Bertz CT molecular complexity index is 403. The lowest BCUT2D eigenvalue weighted by molar-refractivity contribution is 0.154. The maximum Gasteiger partial charge on any atom is 0.119 e. The van der Waals surface area contributed by atoms with E-state index in [-0.39, 0.29) is 0 Å². The van der Waals surface area contributed by atoms with Crippen LogP contribution in [0, 0.1) is 19.8 Å². The van der Waals surface area contributed by atoms with E-state index in [1.54, 1.807) is 0 Å². The zero-order chi connectivity index (χ0) is 14.5. The summed E-state index contributed by atoms with van der Waals surface area (Å²) in [4.78, 5) is 2.48. The fraction of sp³-hybridized carbons (Fsp3) is 0.647. The van der Waals surface area contributed by atoms with Gasteiger partial charge in [0.25, 0.3) is 0 Å². The Morgan fingerprint density at radius 3 is 2.55 bits per heavy atom. The summed E-state index contributed by atoms with van der Waals surface area (Å²) in [5, 5.41) is 0. The van der Waals surface area contributed by atoms with E-state index in [9.17, 15) is 0 Å². The van der Waals surface area contributed by atoms with Crippen molar-refractivity contribution in [2.45, 2.75) is 39.7 Å². The van der Waals surface area contributed by atoms with Crippen LogP contribution in [-0.2, 0) is 0 Å². The summed E-state index contributed by atoms with van der Waals surface area (Å²) in [6.07, 6.45) is 2.22. The smallest absolute Gasteiger partial charge is 0.119 e. The van der Waals surface area contributed by atoms with Crippen molar-refractivity contribution in [1.29, 1.82) is 0 Å². The Morgan fingerprint density at radius 1 is 1.20 bits per heavy atom. The first-order chi connectivity index (χ1) is 9.52. The second-order valence-corrected chi connectivity index (χ2v) is 6.39. The third kappa shape index (κ3) is 4.80. The normalized spacial score (nSPS) is 23.8. The Morgan fingerprint density at radius 2 is 1.90 bits per heavy atom. The van der Waals surface area contributed by atoms with Crippen molar-refractivity contribution in [1.82, 2.24) is 4.90 Å². The maximum atomic E-state index is 6.07. The van der Waals surface area contributed by atoms with Gasteiger partial charge >= 0.3 is 0 Å². The van der Waals surface area contributed by atoms with Crippen molar-refractivity contribution in [3.63, 3.8) is 0 Å². The molecule has 1 aliphatic rings. The van der Waals surface area contributed by atoms with Gasteiger partial charge in [0.05, 0.1) is 6.61 Å². The van der Waals surface area contributed by atoms with Gasteiger partial charge in [-0.2, -0.15) is 0 Å². The zero-order valence-electron chi connectivity index (χ0n) is 13.1. The zero-order valence-corrected chi connectivity index (χ0v) is 13.1. The molecule has 1 saturated heterocycles. The van der Waals surface area contributed by atoms with Crippen LogP contribution in [0.2, 0.25) is 0 Å². The van der Waals surface area contributed by atoms with Crippen LogP contribution >= 0.6 is 0 Å². The molecular formula is C17H28N2O. The van der Waals surface area contributed by atoms with Gasteiger partial charge in [-0.1, -0.05) is 13.0 Å². The maximum absolute atomic E-state index is 6.07. The highest BCUT2D eigenvalue weighted by molar-refractivity contribution is 5.32. The molecule has 3 nitrogen and oxygen atoms in total. The SMILES string of the molecule is Cc1cc(C)cc(OCCCN2CC(C)CC(N)C2)c1. The van der Waals surface area contributed by atoms with Gasteiger partial charge in [0.15, 0.2) is 0 Å². The molecule has 1 aromatic carbocycles. The number of benzene rings is 1. The number of hydrogen-bond donors (Lipinski definition) is 1. The lowest BCUT2D eigenvalue weighted by Gasteiger charge is -2.34. The fourth-order valence-electron chi connectivity index (χ4n) is 3.19. The first-order valence-corrected chi connectivity index (χ1v) is 7.72. The monoisotopic (exact) mass is 276 g/mol. The van der Waals surface area contributed by atoms with Crippen molar-refractivity contribution in [2.75, 3.05) is 26.2 Å². The first-order valence-electron chi connectivity index (χ1n) is 7.72. The topological polar surface area (TPSA) is 38.5 Å². The van der Waals surface area contributed by atoms with Crippen molar-refractivity contribution in [3.8, 4) is 5.75 Å². The Balaban J connectivity index is 1.71. The Kier molecular flexibility index (Phi) is 5.44. The summed E-state index contributed by atoms with van der Waals surface area (Å²) in [6.45, 7) is 10.6. The molecule has 0 spiro atoms. The molecule has 0 aliphatic carbocycles. The molecule has 3 heteroatoms. The van der Waals surface area contributed by atoms with E-state index in [4.69, 9.17) is 10.5 Å². The molecule has 1 heterocycles. The average molecular weight is 276 g/mol. The van der Waals surface area contributed by atoms with Crippen molar-refractivity contribution in [3.05, 3.63) is 29.3 Å². The van der Waals surface area contributed by atoms with Crippen molar-refractivity contribution in [2.24, 2.45) is 11.7 Å². The summed E-state index contributed by atoms with van der Waals surface area (Å²) in [5.41, 5.74) is 8.59. The molecular weight excluding hydrogens is 248 g/mol. The van der Waals surface area contributed by atoms with Gasteiger partial charge in [0.1, 0.15) is 5.75 Å². The van der Waals surface area contributed by atoms with Crippen LogP contribution in [0.25, 0.3) is 0 Å². The van der Waals surface area contributed by atoms with Crippen LogP contribution in [0.3, 0.4) is 0 Å². The summed E-state index contributed by atoms with van der Waals surface area (Å²) in [7, 11) is 0. The minimum Gasteiger partial charge on any atom is -0.494 e. The highest BCUT2D eigenvalue weighted by Gasteiger charge is 2.21. The molecule has 2 unspecified atom stereocenters. The van der Waals surface area contributed by atoms with Crippen LogP contribution in [0.15, 0.2) is 18.2 Å². The Hall–Kier alpha value is -1.06. The number of likely N-dealkylation sites (tertiary alicyclic amines) is 1. The van der Waals surface area contributed by atoms with E-state index in [2.05, 4.69) is 43.9 Å². The second kappa shape index (κ2) is 7.09. The highest BCUT2D eigenvalue weighted by Crippen LogP contribution is 2.17. The molecule has 2 rings (SSSR count). The van der Waals surface area contributed by atoms with E-state index in [0.717, 1.165) is 44.2 Å². The number of nitrogens with zero attached hydrogens (tertiary/aromatic N) is 1. The molecule has 0 saturated carbocycles. The van der Waals surface area contributed by atoms with Crippen LogP contribution in [0.5, 0.6) is 5.75 Å². The second-order valence-electron chi connectivity index (χ2n) is 6.39. The summed E-state index contributed by atoms with van der Waals surface area (Å²) < 4.78 is 5.85. The van der Waals surface area contributed by atoms with Crippen molar-refractivity contribution >= 4 is 0 Å². The summed E-state index contributed by atoms with van der Waals surface area (Å²) in [6, 6.07) is 6.72. The van der Waals surface area contributed by atoms with Gasteiger partial charge in [0, 0.05) is 25.7 Å². The van der Waals surface area contributed by atoms with E-state index < -0.39 is 0 Å². The third-order valence-corrected chi connectivity index (χ3v) is 3.85. The lowest BCUT2D eigenvalue weighted by atomic mass is 9.96. The van der Waals surface area contributed by atoms with Crippen LogP contribution < -0.4 is 10.5 Å². The molecule has 0 aromatic heterocycles. The molecule has 1 aromatic rings. The standard InChI is InChI=1S/C17H28N2O/c1-13-7-14(2)10-17(9-13)20-6-4-5-19-11-15(3)8-16(18)12-19/h7,9-10,15-16H,4-6,8,11-12,18H2,1-3H3. The molecule has 20 heavy (non-hydrogen) atoms. The van der Waals surface area contributed by atoms with Gasteiger partial charge in [-0.05, 0) is 55.9 Å². The van der Waals surface area contributed by atoms with Gasteiger partial charge in [-0.25, -0.2) is 0 Å². The summed E-state index contributed by atoms with van der Waals surface area (Å²) in [5.74, 6) is 1.71. The fourth-order valence-corrected chi connectivity index (χ4v) is 3.19. The number of ether oxygens (including phenoxy) is 1. The predicted octanol–water partition coefficient (Wildman–Crippen LogP) is 2.74. The average Bonchev–Trinajstić information content (AvgIpc) is 2.32. The largest absolute Gasteiger partial charge is 0.494 e. The van der Waals surface area contributed by atoms with E-state index >= 15 is 0 Å². The quantitative estimate of drug-likeness (QED) is 0.840. The molecule has 2 N–H and O–H groups in total. The Labute approximate surface area is 123 Å². The van der Waals surface area contributed by atoms with Gasteiger partial charge in [-0.3, -0.25) is 0 Å². The van der Waals surface area contributed by atoms with Gasteiger partial charge in [-0.15, -0.1) is 0 Å². The number of piperidine rings is 1. The van der Waals surface area contributed by atoms with Crippen molar-refractivity contribution < 1.29 is 4.74 Å². The van der Waals surface area contributed by atoms with E-state index in [1.165, 1.54) is 17.7 Å². The number of aryl methyl sites for hydroxylation is 2. The van der Waals surface area contributed by atoms with Crippen LogP contribution in [0.4, 0.5) is 0 Å². The first kappa shape index (κ1) is 15.3. The van der Waals surface area contributed by atoms with Gasteiger partial charge in [0.2, 0.25) is 0 Å². The van der Waals surface area contributed by atoms with Crippen LogP contribution in [-0.4, -0.2) is 37.2 Å². The number of nitrogens with two attached hydrogens (primary N) is 1. The molecule has 0 bridgehead atoms. The number of rotatable bonds is 5. The number of hydrogen-bond acceptors (Lipinski definition) is 3. The molecule has 2 atom stereocenters. The van der Waals surface area contributed by atoms with E-state index in [0.29, 0.717) is 6.04 Å². The molecule has 1 aliphatic heterocycles. The molecule has 0 amide bonds. The highest BCUT2D eigenvalue weighted by atomic mass is 16.5. The predicted molar refractivity (Wildman–Crippen MR) is 84.2 cm³/mol. The molecule has 112 valence electrons. The third-order valence-electron chi connectivity index (χ3n) is 3.85. The van der Waals surface area contributed by atoms with Gasteiger partial charge < -0.3 is 15.4 Å². The molecule has 1 fully saturated rings. The minimum absolute atomic E-state index is 0.346. The minimum atomic E-state index is 0.346. The molecule has 0 radical (unpaired) electrons. The summed E-state index contributed by atoms with van der Waals surface area (Å²) >= 11 is 0. The van der Waals surface area contributed by atoms with Crippen LogP contribution in [0.1, 0.15) is 30.9 Å².